The number of rotatable bonds is 6. The van der Waals surface area contributed by atoms with Crippen LogP contribution < -0.4 is 5.32 Å². The number of nitro benzene ring substituents is 1. The predicted molar refractivity (Wildman–Crippen MR) is 96.2 cm³/mol. The van der Waals surface area contributed by atoms with Gasteiger partial charge in [-0.2, -0.15) is 0 Å². The van der Waals surface area contributed by atoms with Crippen LogP contribution in [0, 0.1) is 15.9 Å². The van der Waals surface area contributed by atoms with Crippen LogP contribution >= 0.6 is 11.3 Å². The van der Waals surface area contributed by atoms with Gasteiger partial charge >= 0.3 is 0 Å². The van der Waals surface area contributed by atoms with Gasteiger partial charge in [0, 0.05) is 29.1 Å². The standard InChI is InChI=1S/C18H14FN3O3S/c19-14-6-3-5-12(8-14)18-21-15(11-26-18)9-17(23)20-10-13-4-1-2-7-16(13)22(24)25/h1-8,11H,9-10H2,(H,20,23). The fourth-order valence-electron chi connectivity index (χ4n) is 2.40. The van der Waals surface area contributed by atoms with Crippen molar-refractivity contribution in [3.63, 3.8) is 0 Å². The number of nitrogens with zero attached hydrogens (tertiary/aromatic N) is 2. The topological polar surface area (TPSA) is 85.1 Å². The van der Waals surface area contributed by atoms with E-state index in [0.717, 1.165) is 0 Å². The van der Waals surface area contributed by atoms with Crippen LogP contribution in [0.15, 0.2) is 53.9 Å². The Morgan fingerprint density at radius 3 is 2.81 bits per heavy atom. The average Bonchev–Trinajstić information content (AvgIpc) is 3.08. The molecule has 1 heterocycles. The predicted octanol–water partition coefficient (Wildman–Crippen LogP) is 3.72. The largest absolute Gasteiger partial charge is 0.351 e. The van der Waals surface area contributed by atoms with Gasteiger partial charge in [-0.05, 0) is 12.1 Å². The van der Waals surface area contributed by atoms with Crippen LogP contribution in [0.5, 0.6) is 0 Å². The number of aromatic nitrogens is 1. The van der Waals surface area contributed by atoms with Crippen LogP contribution in [0.2, 0.25) is 0 Å². The SMILES string of the molecule is O=C(Cc1csc(-c2cccc(F)c2)n1)NCc1ccccc1[N+](=O)[O-]. The van der Waals surface area contributed by atoms with Crippen LogP contribution in [-0.2, 0) is 17.8 Å². The Morgan fingerprint density at radius 1 is 1.23 bits per heavy atom. The Bertz CT molecular complexity index is 958. The number of nitrogens with one attached hydrogen (secondary N) is 1. The van der Waals surface area contributed by atoms with E-state index >= 15 is 0 Å². The van der Waals surface area contributed by atoms with Crippen molar-refractivity contribution in [3.05, 3.63) is 81.1 Å². The third-order valence-corrected chi connectivity index (χ3v) is 4.57. The van der Waals surface area contributed by atoms with Gasteiger partial charge in [-0.3, -0.25) is 14.9 Å². The Hall–Kier alpha value is -3.13. The lowest BCUT2D eigenvalue weighted by atomic mass is 10.2. The van der Waals surface area contributed by atoms with Gasteiger partial charge in [0.2, 0.25) is 5.91 Å². The van der Waals surface area contributed by atoms with Crippen molar-refractivity contribution >= 4 is 22.9 Å². The normalized spacial score (nSPS) is 10.5. The fourth-order valence-corrected chi connectivity index (χ4v) is 3.22. The van der Waals surface area contributed by atoms with E-state index in [0.29, 0.717) is 21.8 Å². The lowest BCUT2D eigenvalue weighted by molar-refractivity contribution is -0.385. The van der Waals surface area contributed by atoms with E-state index in [1.807, 2.05) is 0 Å². The molecule has 2 aromatic carbocycles. The second-order valence-corrected chi connectivity index (χ2v) is 6.35. The highest BCUT2D eigenvalue weighted by atomic mass is 32.1. The number of halogens is 1. The minimum absolute atomic E-state index is 0.0325. The van der Waals surface area contributed by atoms with E-state index in [2.05, 4.69) is 10.3 Å². The van der Waals surface area contributed by atoms with Gasteiger partial charge in [0.15, 0.2) is 0 Å². The molecule has 0 radical (unpaired) electrons. The van der Waals surface area contributed by atoms with E-state index in [9.17, 15) is 19.3 Å². The van der Waals surface area contributed by atoms with E-state index in [1.165, 1.54) is 29.5 Å². The number of amides is 1. The maximum absolute atomic E-state index is 13.3. The number of hydrogen-bond donors (Lipinski definition) is 1. The molecular formula is C18H14FN3O3S. The molecule has 0 spiro atoms. The second-order valence-electron chi connectivity index (χ2n) is 5.49. The van der Waals surface area contributed by atoms with Crippen LogP contribution in [0.3, 0.4) is 0 Å². The van der Waals surface area contributed by atoms with Crippen molar-refractivity contribution in [2.45, 2.75) is 13.0 Å². The molecule has 0 unspecified atom stereocenters. The summed E-state index contributed by atoms with van der Waals surface area (Å²) in [7, 11) is 0. The molecule has 0 fully saturated rings. The quantitative estimate of drug-likeness (QED) is 0.529. The molecule has 1 aromatic heterocycles. The summed E-state index contributed by atoms with van der Waals surface area (Å²) in [4.78, 5) is 26.9. The van der Waals surface area contributed by atoms with E-state index in [-0.39, 0.29) is 30.4 Å². The number of nitro groups is 1. The molecule has 26 heavy (non-hydrogen) atoms. The fraction of sp³-hybridized carbons (Fsp3) is 0.111. The molecule has 6 nitrogen and oxygen atoms in total. The average molecular weight is 371 g/mol. The molecule has 0 atom stereocenters. The summed E-state index contributed by atoms with van der Waals surface area (Å²) in [5, 5.41) is 16.0. The molecule has 0 saturated heterocycles. The zero-order chi connectivity index (χ0) is 18.5. The minimum atomic E-state index is -0.479. The number of carbonyl (C=O) groups excluding carboxylic acids is 1. The Morgan fingerprint density at radius 2 is 2.04 bits per heavy atom. The molecule has 132 valence electrons. The smallest absolute Gasteiger partial charge is 0.274 e. The highest BCUT2D eigenvalue weighted by molar-refractivity contribution is 7.13. The molecule has 8 heteroatoms. The lowest BCUT2D eigenvalue weighted by Crippen LogP contribution is -2.25. The lowest BCUT2D eigenvalue weighted by Gasteiger charge is -2.05. The highest BCUT2D eigenvalue weighted by Crippen LogP contribution is 2.24. The maximum Gasteiger partial charge on any atom is 0.274 e. The third kappa shape index (κ3) is 4.28. The van der Waals surface area contributed by atoms with Crippen LogP contribution in [0.4, 0.5) is 10.1 Å². The Labute approximate surface area is 152 Å². The van der Waals surface area contributed by atoms with Gasteiger partial charge in [-0.15, -0.1) is 11.3 Å². The van der Waals surface area contributed by atoms with E-state index in [4.69, 9.17) is 0 Å². The maximum atomic E-state index is 13.3. The molecule has 3 rings (SSSR count). The summed E-state index contributed by atoms with van der Waals surface area (Å²) in [6, 6.07) is 12.3. The number of benzene rings is 2. The molecule has 3 aromatic rings. The van der Waals surface area contributed by atoms with Crippen molar-refractivity contribution in [1.29, 1.82) is 0 Å². The first-order valence-electron chi connectivity index (χ1n) is 7.72. The zero-order valence-corrected chi connectivity index (χ0v) is 14.3. The highest BCUT2D eigenvalue weighted by Gasteiger charge is 2.14. The third-order valence-electron chi connectivity index (χ3n) is 3.63. The van der Waals surface area contributed by atoms with Gasteiger partial charge in [0.1, 0.15) is 10.8 Å². The van der Waals surface area contributed by atoms with Crippen molar-refractivity contribution in [2.75, 3.05) is 0 Å². The second kappa shape index (κ2) is 7.83. The number of carbonyl (C=O) groups is 1. The Kier molecular flexibility index (Phi) is 5.33. The van der Waals surface area contributed by atoms with Gasteiger partial charge in [0.25, 0.3) is 5.69 Å². The first kappa shape index (κ1) is 17.7. The number of hydrogen-bond acceptors (Lipinski definition) is 5. The van der Waals surface area contributed by atoms with Crippen molar-refractivity contribution in [3.8, 4) is 10.6 Å². The van der Waals surface area contributed by atoms with Gasteiger partial charge in [-0.25, -0.2) is 9.37 Å². The van der Waals surface area contributed by atoms with Crippen LogP contribution in [-0.4, -0.2) is 15.8 Å². The summed E-state index contributed by atoms with van der Waals surface area (Å²) in [5.74, 6) is -0.638. The van der Waals surface area contributed by atoms with E-state index in [1.54, 1.807) is 35.7 Å². The van der Waals surface area contributed by atoms with Gasteiger partial charge in [0.05, 0.1) is 17.0 Å². The Balaban J connectivity index is 1.62. The molecule has 0 aliphatic rings. The molecule has 1 amide bonds. The minimum Gasteiger partial charge on any atom is -0.351 e. The molecule has 1 N–H and O–H groups in total. The zero-order valence-electron chi connectivity index (χ0n) is 13.5. The van der Waals surface area contributed by atoms with Crippen molar-refractivity contribution in [1.82, 2.24) is 10.3 Å². The summed E-state index contributed by atoms with van der Waals surface area (Å²) in [6.45, 7) is 0.0663. The van der Waals surface area contributed by atoms with Crippen molar-refractivity contribution < 1.29 is 14.1 Å². The molecule has 0 aliphatic carbocycles. The first-order chi connectivity index (χ1) is 12.5. The van der Waals surface area contributed by atoms with Gasteiger partial charge in [-0.1, -0.05) is 30.3 Å². The number of para-hydroxylation sites is 1. The first-order valence-corrected chi connectivity index (χ1v) is 8.60. The van der Waals surface area contributed by atoms with Crippen molar-refractivity contribution in [2.24, 2.45) is 0 Å². The molecular weight excluding hydrogens is 357 g/mol. The molecule has 0 saturated carbocycles. The molecule has 0 aliphatic heterocycles. The summed E-state index contributed by atoms with van der Waals surface area (Å²) in [5.41, 5.74) is 1.62. The summed E-state index contributed by atoms with van der Waals surface area (Å²) in [6.07, 6.45) is 0.0481. The number of thiazole rings is 1. The molecule has 0 bridgehead atoms. The van der Waals surface area contributed by atoms with Gasteiger partial charge < -0.3 is 5.32 Å². The summed E-state index contributed by atoms with van der Waals surface area (Å²) >= 11 is 1.33. The van der Waals surface area contributed by atoms with Crippen LogP contribution in [0.25, 0.3) is 10.6 Å². The monoisotopic (exact) mass is 371 g/mol. The summed E-state index contributed by atoms with van der Waals surface area (Å²) < 4.78 is 13.3. The van der Waals surface area contributed by atoms with E-state index < -0.39 is 4.92 Å². The van der Waals surface area contributed by atoms with Crippen LogP contribution in [0.1, 0.15) is 11.3 Å².